The van der Waals surface area contributed by atoms with Gasteiger partial charge in [-0.05, 0) is 25.5 Å². The van der Waals surface area contributed by atoms with Gasteiger partial charge in [0.1, 0.15) is 0 Å². The highest BCUT2D eigenvalue weighted by Gasteiger charge is 2.18. The maximum atomic E-state index is 11.6. The Balaban J connectivity index is 2.04. The van der Waals surface area contributed by atoms with Crippen LogP contribution in [-0.4, -0.2) is 30.0 Å². The maximum absolute atomic E-state index is 11.6. The van der Waals surface area contributed by atoms with Gasteiger partial charge in [-0.3, -0.25) is 9.78 Å². The van der Waals surface area contributed by atoms with E-state index in [0.717, 1.165) is 42.5 Å². The summed E-state index contributed by atoms with van der Waals surface area (Å²) in [4.78, 5) is 15.9. The summed E-state index contributed by atoms with van der Waals surface area (Å²) in [6, 6.07) is 8.09. The van der Waals surface area contributed by atoms with Crippen molar-refractivity contribution in [3.8, 4) is 0 Å². The molecule has 20 heavy (non-hydrogen) atoms. The zero-order valence-corrected chi connectivity index (χ0v) is 11.2. The van der Waals surface area contributed by atoms with Gasteiger partial charge in [0.05, 0.1) is 16.8 Å². The van der Waals surface area contributed by atoms with E-state index >= 15 is 0 Å². The number of nitrogens with zero attached hydrogens (tertiary/aromatic N) is 1. The number of nitrogens with two attached hydrogens (primary N) is 1. The average molecular weight is 270 g/mol. The standard InChI is InChI=1S/C15H18N4O/c16-15(20)12-9-18-13-6-2-1-5-11(13)14(12)19-10-4-3-7-17-8-10/h1-2,5-6,9-10,17H,3-4,7-8H2,(H2,16,20)(H,18,19). The Morgan fingerprint density at radius 1 is 1.40 bits per heavy atom. The molecule has 1 amide bonds. The molecule has 0 saturated carbocycles. The number of anilines is 1. The Hall–Kier alpha value is -2.14. The van der Waals surface area contributed by atoms with Crippen molar-refractivity contribution < 1.29 is 4.79 Å². The molecule has 1 aliphatic rings. The second-order valence-electron chi connectivity index (χ2n) is 5.12. The fourth-order valence-electron chi connectivity index (χ4n) is 2.66. The number of piperidine rings is 1. The number of carbonyl (C=O) groups excluding carboxylic acids is 1. The number of rotatable bonds is 3. The molecule has 1 saturated heterocycles. The molecule has 104 valence electrons. The Morgan fingerprint density at radius 3 is 3.00 bits per heavy atom. The Bertz CT molecular complexity index is 635. The molecule has 0 bridgehead atoms. The number of amides is 1. The van der Waals surface area contributed by atoms with Crippen LogP contribution in [0.25, 0.3) is 10.9 Å². The molecule has 0 aliphatic carbocycles. The molecule has 2 heterocycles. The van der Waals surface area contributed by atoms with E-state index in [1.165, 1.54) is 0 Å². The van der Waals surface area contributed by atoms with Gasteiger partial charge in [-0.2, -0.15) is 0 Å². The van der Waals surface area contributed by atoms with Crippen molar-refractivity contribution in [2.45, 2.75) is 18.9 Å². The van der Waals surface area contributed by atoms with Crippen molar-refractivity contribution in [1.29, 1.82) is 0 Å². The summed E-state index contributed by atoms with van der Waals surface area (Å²) in [5.41, 5.74) is 7.60. The lowest BCUT2D eigenvalue weighted by molar-refractivity contribution is 0.100. The van der Waals surface area contributed by atoms with E-state index in [2.05, 4.69) is 15.6 Å². The molecule has 1 aromatic heterocycles. The van der Waals surface area contributed by atoms with Gasteiger partial charge in [0.25, 0.3) is 5.91 Å². The third-order valence-electron chi connectivity index (χ3n) is 3.69. The Kier molecular flexibility index (Phi) is 3.52. The predicted molar refractivity (Wildman–Crippen MR) is 79.8 cm³/mol. The van der Waals surface area contributed by atoms with Crippen LogP contribution in [0.3, 0.4) is 0 Å². The summed E-state index contributed by atoms with van der Waals surface area (Å²) < 4.78 is 0. The summed E-state index contributed by atoms with van der Waals surface area (Å²) >= 11 is 0. The van der Waals surface area contributed by atoms with Crippen LogP contribution in [0, 0.1) is 0 Å². The number of para-hydroxylation sites is 1. The summed E-state index contributed by atoms with van der Waals surface area (Å²) in [5.74, 6) is -0.450. The second kappa shape index (κ2) is 5.46. The van der Waals surface area contributed by atoms with Crippen molar-refractivity contribution in [2.24, 2.45) is 5.73 Å². The SMILES string of the molecule is NC(=O)c1cnc2ccccc2c1NC1CCCNC1. The van der Waals surface area contributed by atoms with E-state index in [4.69, 9.17) is 5.73 Å². The molecule has 5 nitrogen and oxygen atoms in total. The highest BCUT2D eigenvalue weighted by molar-refractivity contribution is 6.06. The number of hydrogen-bond donors (Lipinski definition) is 3. The minimum absolute atomic E-state index is 0.313. The van der Waals surface area contributed by atoms with Gasteiger partial charge in [-0.1, -0.05) is 18.2 Å². The molecule has 1 fully saturated rings. The number of aromatic nitrogens is 1. The van der Waals surface area contributed by atoms with Crippen molar-refractivity contribution in [3.63, 3.8) is 0 Å². The predicted octanol–water partition coefficient (Wildman–Crippen LogP) is 1.50. The number of primary amides is 1. The van der Waals surface area contributed by atoms with Gasteiger partial charge in [0, 0.05) is 24.2 Å². The van der Waals surface area contributed by atoms with E-state index in [1.807, 2.05) is 24.3 Å². The van der Waals surface area contributed by atoms with Crippen molar-refractivity contribution in [2.75, 3.05) is 18.4 Å². The van der Waals surface area contributed by atoms with Gasteiger partial charge in [-0.25, -0.2) is 0 Å². The first-order valence-corrected chi connectivity index (χ1v) is 6.90. The fraction of sp³-hybridized carbons (Fsp3) is 0.333. The minimum atomic E-state index is -0.450. The lowest BCUT2D eigenvalue weighted by Crippen LogP contribution is -2.39. The van der Waals surface area contributed by atoms with Gasteiger partial charge < -0.3 is 16.4 Å². The van der Waals surface area contributed by atoms with E-state index in [-0.39, 0.29) is 0 Å². The van der Waals surface area contributed by atoms with Crippen LogP contribution in [0.15, 0.2) is 30.5 Å². The zero-order chi connectivity index (χ0) is 13.9. The number of carbonyl (C=O) groups is 1. The summed E-state index contributed by atoms with van der Waals surface area (Å²) in [7, 11) is 0. The minimum Gasteiger partial charge on any atom is -0.380 e. The number of hydrogen-bond acceptors (Lipinski definition) is 4. The van der Waals surface area contributed by atoms with Crippen molar-refractivity contribution >= 4 is 22.5 Å². The lowest BCUT2D eigenvalue weighted by atomic mass is 10.0. The molecule has 1 aliphatic heterocycles. The molecule has 0 spiro atoms. The average Bonchev–Trinajstić information content (AvgIpc) is 2.48. The van der Waals surface area contributed by atoms with Crippen LogP contribution in [-0.2, 0) is 0 Å². The smallest absolute Gasteiger partial charge is 0.252 e. The second-order valence-corrected chi connectivity index (χ2v) is 5.12. The quantitative estimate of drug-likeness (QED) is 0.789. The van der Waals surface area contributed by atoms with Gasteiger partial charge in [0.2, 0.25) is 0 Å². The normalized spacial score (nSPS) is 18.9. The fourth-order valence-corrected chi connectivity index (χ4v) is 2.66. The molecule has 0 radical (unpaired) electrons. The topological polar surface area (TPSA) is 80.0 Å². The Labute approximate surface area is 117 Å². The molecule has 1 atom stereocenters. The monoisotopic (exact) mass is 270 g/mol. The third-order valence-corrected chi connectivity index (χ3v) is 3.69. The first kappa shape index (κ1) is 12.9. The molecule has 3 rings (SSSR count). The van der Waals surface area contributed by atoms with Crippen LogP contribution < -0.4 is 16.4 Å². The van der Waals surface area contributed by atoms with E-state index in [1.54, 1.807) is 6.20 Å². The highest BCUT2D eigenvalue weighted by atomic mass is 16.1. The van der Waals surface area contributed by atoms with E-state index in [0.29, 0.717) is 11.6 Å². The lowest BCUT2D eigenvalue weighted by Gasteiger charge is -2.26. The number of benzene rings is 1. The maximum Gasteiger partial charge on any atom is 0.252 e. The third kappa shape index (κ3) is 2.44. The molecule has 4 N–H and O–H groups in total. The van der Waals surface area contributed by atoms with E-state index in [9.17, 15) is 4.79 Å². The van der Waals surface area contributed by atoms with Crippen LogP contribution in [0.4, 0.5) is 5.69 Å². The molecule has 2 aromatic rings. The molecular formula is C15H18N4O. The Morgan fingerprint density at radius 2 is 2.25 bits per heavy atom. The first-order chi connectivity index (χ1) is 9.75. The molecule has 1 unspecified atom stereocenters. The van der Waals surface area contributed by atoms with Gasteiger partial charge in [0.15, 0.2) is 0 Å². The largest absolute Gasteiger partial charge is 0.380 e. The van der Waals surface area contributed by atoms with Gasteiger partial charge >= 0.3 is 0 Å². The number of nitrogens with one attached hydrogen (secondary N) is 2. The van der Waals surface area contributed by atoms with Crippen LogP contribution >= 0.6 is 0 Å². The molecular weight excluding hydrogens is 252 g/mol. The number of pyridine rings is 1. The molecule has 5 heteroatoms. The number of fused-ring (bicyclic) bond motifs is 1. The van der Waals surface area contributed by atoms with Crippen molar-refractivity contribution in [1.82, 2.24) is 10.3 Å². The molecule has 1 aromatic carbocycles. The highest BCUT2D eigenvalue weighted by Crippen LogP contribution is 2.27. The van der Waals surface area contributed by atoms with Crippen LogP contribution in [0.2, 0.25) is 0 Å². The van der Waals surface area contributed by atoms with Gasteiger partial charge in [-0.15, -0.1) is 0 Å². The van der Waals surface area contributed by atoms with E-state index < -0.39 is 5.91 Å². The summed E-state index contributed by atoms with van der Waals surface area (Å²) in [6.07, 6.45) is 3.78. The first-order valence-electron chi connectivity index (χ1n) is 6.90. The summed E-state index contributed by atoms with van der Waals surface area (Å²) in [6.45, 7) is 1.95. The zero-order valence-electron chi connectivity index (χ0n) is 11.2. The van der Waals surface area contributed by atoms with Crippen molar-refractivity contribution in [3.05, 3.63) is 36.0 Å². The van der Waals surface area contributed by atoms with Crippen LogP contribution in [0.5, 0.6) is 0 Å². The summed E-state index contributed by atoms with van der Waals surface area (Å²) in [5, 5.41) is 7.77. The van der Waals surface area contributed by atoms with Crippen LogP contribution in [0.1, 0.15) is 23.2 Å².